The summed E-state index contributed by atoms with van der Waals surface area (Å²) in [5, 5.41) is 3.84. The van der Waals surface area contributed by atoms with Crippen LogP contribution in [0.25, 0.3) is 21.9 Å². The van der Waals surface area contributed by atoms with Gasteiger partial charge in [-0.15, -0.1) is 0 Å². The number of aliphatic imine (C=N–C) groups is 1. The van der Waals surface area contributed by atoms with Gasteiger partial charge in [-0.2, -0.15) is 18.2 Å². The Hall–Kier alpha value is -3.73. The summed E-state index contributed by atoms with van der Waals surface area (Å²) in [7, 11) is 0. The van der Waals surface area contributed by atoms with E-state index in [1.54, 1.807) is 25.1 Å². The molecule has 0 atom stereocenters. The third-order valence-electron chi connectivity index (χ3n) is 4.68. The van der Waals surface area contributed by atoms with E-state index in [2.05, 4.69) is 25.3 Å². The van der Waals surface area contributed by atoms with Gasteiger partial charge in [-0.05, 0) is 36.7 Å². The van der Waals surface area contributed by atoms with E-state index in [1.807, 2.05) is 0 Å². The van der Waals surface area contributed by atoms with Crippen molar-refractivity contribution in [1.82, 2.24) is 15.0 Å². The van der Waals surface area contributed by atoms with Gasteiger partial charge in [0, 0.05) is 23.2 Å². The summed E-state index contributed by atoms with van der Waals surface area (Å²) >= 11 is 5.60. The van der Waals surface area contributed by atoms with Gasteiger partial charge in [0.15, 0.2) is 5.69 Å². The lowest BCUT2D eigenvalue weighted by Gasteiger charge is -2.09. The van der Waals surface area contributed by atoms with Crippen molar-refractivity contribution in [3.05, 3.63) is 47.1 Å². The molecule has 0 bridgehead atoms. The van der Waals surface area contributed by atoms with Crippen LogP contribution in [-0.4, -0.2) is 33.1 Å². The number of benzene rings is 1. The van der Waals surface area contributed by atoms with Crippen molar-refractivity contribution in [2.24, 2.45) is 4.99 Å². The first-order valence-electron chi connectivity index (χ1n) is 9.17. The van der Waals surface area contributed by atoms with Crippen molar-refractivity contribution in [1.29, 1.82) is 0 Å². The number of hydrogen-bond acceptors (Lipinski definition) is 7. The minimum atomic E-state index is -4.71. The highest BCUT2D eigenvalue weighted by molar-refractivity contribution is 6.28. The second-order valence-electron chi connectivity index (χ2n) is 6.93. The number of anilines is 1. The number of ether oxygens (including phenoxy) is 1. The van der Waals surface area contributed by atoms with E-state index in [9.17, 15) is 18.0 Å². The molecular weight excluding hydrogens is 451 g/mol. The molecule has 32 heavy (non-hydrogen) atoms. The van der Waals surface area contributed by atoms with Crippen molar-refractivity contribution in [2.45, 2.75) is 13.1 Å². The van der Waals surface area contributed by atoms with Crippen molar-refractivity contribution < 1.29 is 27.1 Å². The molecule has 4 aromatic rings. The molecule has 162 valence electrons. The summed E-state index contributed by atoms with van der Waals surface area (Å²) in [5.41, 5.74) is 0.815. The van der Waals surface area contributed by atoms with Crippen LogP contribution in [0.5, 0.6) is 11.8 Å². The minimum Gasteiger partial charge on any atom is -0.449 e. The lowest BCUT2D eigenvalue weighted by atomic mass is 10.1. The van der Waals surface area contributed by atoms with Gasteiger partial charge >= 0.3 is 12.1 Å². The van der Waals surface area contributed by atoms with Crippen LogP contribution in [0.2, 0.25) is 5.28 Å². The zero-order valence-electron chi connectivity index (χ0n) is 16.1. The predicted molar refractivity (Wildman–Crippen MR) is 110 cm³/mol. The van der Waals surface area contributed by atoms with Crippen LogP contribution in [0, 0.1) is 0 Å². The Morgan fingerprint density at radius 3 is 2.72 bits per heavy atom. The third kappa shape index (κ3) is 3.50. The fourth-order valence-corrected chi connectivity index (χ4v) is 3.51. The smallest absolute Gasteiger partial charge is 0.433 e. The molecule has 0 spiro atoms. The highest BCUT2D eigenvalue weighted by atomic mass is 35.5. The highest BCUT2D eigenvalue weighted by Crippen LogP contribution is 2.38. The summed E-state index contributed by atoms with van der Waals surface area (Å²) in [6.45, 7) is 2.10. The number of amides is 1. The van der Waals surface area contributed by atoms with Gasteiger partial charge in [0.05, 0.1) is 23.1 Å². The van der Waals surface area contributed by atoms with Crippen molar-refractivity contribution in [2.75, 3.05) is 11.9 Å². The van der Waals surface area contributed by atoms with Crippen LogP contribution in [0.3, 0.4) is 0 Å². The molecule has 1 aliphatic heterocycles. The number of halogens is 4. The number of alkyl halides is 3. The zero-order valence-corrected chi connectivity index (χ0v) is 16.9. The zero-order chi connectivity index (χ0) is 22.6. The molecule has 1 N–H and O–H groups in total. The van der Waals surface area contributed by atoms with E-state index in [-0.39, 0.29) is 11.6 Å². The average Bonchev–Trinajstić information content (AvgIpc) is 3.03. The summed E-state index contributed by atoms with van der Waals surface area (Å²) < 4.78 is 50.0. The minimum absolute atomic E-state index is 0.00228. The molecule has 5 rings (SSSR count). The summed E-state index contributed by atoms with van der Waals surface area (Å²) in [6, 6.07) is 7.03. The van der Waals surface area contributed by atoms with Gasteiger partial charge in [-0.1, -0.05) is 0 Å². The molecule has 0 fully saturated rings. The number of pyridine rings is 1. The normalized spacial score (nSPS) is 14.2. The highest BCUT2D eigenvalue weighted by Gasteiger charge is 2.34. The maximum Gasteiger partial charge on any atom is 0.433 e. The molecule has 1 aromatic carbocycles. The van der Waals surface area contributed by atoms with E-state index in [1.165, 1.54) is 6.07 Å². The molecule has 1 aliphatic rings. The first-order valence-corrected chi connectivity index (χ1v) is 9.55. The average molecular weight is 462 g/mol. The number of carbonyl (C=O) groups excluding carboxylic acids is 1. The van der Waals surface area contributed by atoms with Gasteiger partial charge in [0.2, 0.25) is 22.8 Å². The second-order valence-corrected chi connectivity index (χ2v) is 7.27. The molecule has 8 nitrogen and oxygen atoms in total. The van der Waals surface area contributed by atoms with E-state index in [0.717, 1.165) is 0 Å². The molecule has 0 radical (unpaired) electrons. The number of carbonyl (C=O) groups is 1. The van der Waals surface area contributed by atoms with Crippen LogP contribution in [0.4, 0.5) is 18.9 Å². The number of aromatic nitrogens is 3. The second kappa shape index (κ2) is 7.16. The Labute approximate surface area is 182 Å². The van der Waals surface area contributed by atoms with Crippen LogP contribution in [0.1, 0.15) is 23.2 Å². The summed E-state index contributed by atoms with van der Waals surface area (Å²) in [6.07, 6.45) is -4.71. The monoisotopic (exact) mass is 461 g/mol. The standard InChI is InChI=1S/C20H11ClF3N5O3/c1-8-7-25-16-15-9-2-5-13(32-14-6-12(20(22,23)24)28-19(21)29-14)27-10(9)3-4-11(15)31-17(16)18(30)26-8/h2-6,25H,7H2,1H3. The lowest BCUT2D eigenvalue weighted by Crippen LogP contribution is -2.09. The maximum atomic E-state index is 13.0. The molecule has 0 aliphatic carbocycles. The van der Waals surface area contributed by atoms with E-state index in [4.69, 9.17) is 20.8 Å². The Kier molecular flexibility index (Phi) is 4.52. The molecule has 4 heterocycles. The van der Waals surface area contributed by atoms with Gasteiger partial charge in [-0.3, -0.25) is 4.79 Å². The van der Waals surface area contributed by atoms with Crippen LogP contribution >= 0.6 is 11.6 Å². The Bertz CT molecular complexity index is 1450. The molecule has 1 amide bonds. The predicted octanol–water partition coefficient (Wildman–Crippen LogP) is 5.26. The van der Waals surface area contributed by atoms with E-state index >= 15 is 0 Å². The van der Waals surface area contributed by atoms with E-state index in [0.29, 0.717) is 45.9 Å². The molecular formula is C20H11ClF3N5O3. The van der Waals surface area contributed by atoms with Crippen LogP contribution in [-0.2, 0) is 6.18 Å². The van der Waals surface area contributed by atoms with Crippen LogP contribution in [0.15, 0.2) is 39.7 Å². The van der Waals surface area contributed by atoms with Gasteiger partial charge in [0.25, 0.3) is 0 Å². The van der Waals surface area contributed by atoms with Crippen molar-refractivity contribution in [3.63, 3.8) is 0 Å². The van der Waals surface area contributed by atoms with Crippen molar-refractivity contribution >= 4 is 50.8 Å². The van der Waals surface area contributed by atoms with Crippen LogP contribution < -0.4 is 10.1 Å². The van der Waals surface area contributed by atoms with Gasteiger partial charge in [0.1, 0.15) is 5.58 Å². The number of nitrogens with one attached hydrogen (secondary N) is 1. The number of hydrogen-bond donors (Lipinski definition) is 1. The molecule has 3 aromatic heterocycles. The topological polar surface area (TPSA) is 102 Å². The fourth-order valence-electron chi connectivity index (χ4n) is 3.34. The van der Waals surface area contributed by atoms with Crippen molar-refractivity contribution in [3.8, 4) is 11.8 Å². The van der Waals surface area contributed by atoms with Gasteiger partial charge in [-0.25, -0.2) is 15.0 Å². The number of fused-ring (bicyclic) bond motifs is 5. The first-order chi connectivity index (χ1) is 15.2. The van der Waals surface area contributed by atoms with Gasteiger partial charge < -0.3 is 14.5 Å². The molecule has 0 saturated heterocycles. The molecule has 12 heteroatoms. The number of rotatable bonds is 2. The molecule has 0 saturated carbocycles. The first kappa shape index (κ1) is 20.2. The lowest BCUT2D eigenvalue weighted by molar-refractivity contribution is -0.141. The maximum absolute atomic E-state index is 13.0. The summed E-state index contributed by atoms with van der Waals surface area (Å²) in [4.78, 5) is 27.5. The van der Waals surface area contributed by atoms with E-state index < -0.39 is 28.9 Å². The quantitative estimate of drug-likeness (QED) is 0.406. The fraction of sp³-hybridized carbons (Fsp3) is 0.150. The number of nitrogens with zero attached hydrogens (tertiary/aromatic N) is 4. The Balaban J connectivity index is 1.57. The third-order valence-corrected chi connectivity index (χ3v) is 4.85. The SMILES string of the molecule is CC1=NC(=O)c2oc3ccc4nc(Oc5cc(C(F)(F)F)nc(Cl)n5)ccc4c3c2NC1. The Morgan fingerprint density at radius 2 is 1.94 bits per heavy atom. The Morgan fingerprint density at radius 1 is 1.12 bits per heavy atom. The largest absolute Gasteiger partial charge is 0.449 e. The number of furan rings is 1. The summed E-state index contributed by atoms with van der Waals surface area (Å²) in [5.74, 6) is -0.791. The molecule has 0 unspecified atom stereocenters.